The van der Waals surface area contributed by atoms with Crippen molar-refractivity contribution in [3.05, 3.63) is 0 Å². The summed E-state index contributed by atoms with van der Waals surface area (Å²) in [4.78, 5) is 2.65. The molecular weight excluding hydrogens is 244 g/mol. The van der Waals surface area contributed by atoms with Crippen LogP contribution < -0.4 is 5.32 Å². The molecule has 0 fully saturated rings. The van der Waals surface area contributed by atoms with Crippen molar-refractivity contribution in [3.8, 4) is 0 Å². The Kier molecular flexibility index (Phi) is 12.6. The Bertz CT molecular complexity index is 188. The average Bonchev–Trinajstić information content (AvgIpc) is 2.34. The lowest BCUT2D eigenvalue weighted by atomic mass is 10.1. The van der Waals surface area contributed by atoms with Crippen LogP contribution in [-0.2, 0) is 0 Å². The van der Waals surface area contributed by atoms with Crippen molar-refractivity contribution in [2.45, 2.75) is 67.2 Å². The SMILES string of the molecule is CC(C)CCCNCCN(CCC(C)C)CCC(C)C. The number of rotatable bonds is 13. The Hall–Kier alpha value is -0.0800. The highest BCUT2D eigenvalue weighted by atomic mass is 15.1. The van der Waals surface area contributed by atoms with Gasteiger partial charge in [0.05, 0.1) is 0 Å². The van der Waals surface area contributed by atoms with Crippen molar-refractivity contribution in [1.82, 2.24) is 10.2 Å². The van der Waals surface area contributed by atoms with Crippen LogP contribution in [0.3, 0.4) is 0 Å². The Labute approximate surface area is 128 Å². The van der Waals surface area contributed by atoms with Gasteiger partial charge in [-0.3, -0.25) is 0 Å². The summed E-state index contributed by atoms with van der Waals surface area (Å²) in [6.07, 6.45) is 5.31. The second-order valence-electron chi connectivity index (χ2n) is 7.49. The monoisotopic (exact) mass is 284 g/mol. The lowest BCUT2D eigenvalue weighted by molar-refractivity contribution is 0.243. The molecule has 0 radical (unpaired) electrons. The maximum atomic E-state index is 3.60. The van der Waals surface area contributed by atoms with Gasteiger partial charge in [-0.2, -0.15) is 0 Å². The Morgan fingerprint density at radius 3 is 1.60 bits per heavy atom. The molecule has 0 amide bonds. The molecule has 0 aliphatic carbocycles. The first kappa shape index (κ1) is 19.9. The minimum Gasteiger partial charge on any atom is -0.315 e. The van der Waals surface area contributed by atoms with Crippen LogP contribution in [0.4, 0.5) is 0 Å². The summed E-state index contributed by atoms with van der Waals surface area (Å²) in [7, 11) is 0. The Morgan fingerprint density at radius 1 is 0.650 bits per heavy atom. The van der Waals surface area contributed by atoms with Crippen molar-refractivity contribution in [1.29, 1.82) is 0 Å². The fourth-order valence-electron chi connectivity index (χ4n) is 2.21. The van der Waals surface area contributed by atoms with Gasteiger partial charge in [0, 0.05) is 13.1 Å². The van der Waals surface area contributed by atoms with Gasteiger partial charge >= 0.3 is 0 Å². The molecule has 0 aromatic rings. The topological polar surface area (TPSA) is 15.3 Å². The molecule has 0 aliphatic rings. The van der Waals surface area contributed by atoms with E-state index in [0.717, 1.165) is 24.3 Å². The van der Waals surface area contributed by atoms with E-state index in [1.54, 1.807) is 0 Å². The molecule has 20 heavy (non-hydrogen) atoms. The van der Waals surface area contributed by atoms with Crippen molar-refractivity contribution < 1.29 is 0 Å². The highest BCUT2D eigenvalue weighted by Gasteiger charge is 2.07. The molecule has 0 saturated heterocycles. The summed E-state index contributed by atoms with van der Waals surface area (Å²) >= 11 is 0. The molecule has 0 aromatic carbocycles. The molecule has 0 aliphatic heterocycles. The second kappa shape index (κ2) is 12.6. The molecule has 2 nitrogen and oxygen atoms in total. The Balaban J connectivity index is 3.72. The largest absolute Gasteiger partial charge is 0.315 e. The van der Waals surface area contributed by atoms with Gasteiger partial charge in [-0.15, -0.1) is 0 Å². The number of nitrogens with one attached hydrogen (secondary N) is 1. The molecule has 0 rings (SSSR count). The second-order valence-corrected chi connectivity index (χ2v) is 7.49. The lowest BCUT2D eigenvalue weighted by Gasteiger charge is -2.24. The van der Waals surface area contributed by atoms with Crippen molar-refractivity contribution in [2.24, 2.45) is 17.8 Å². The van der Waals surface area contributed by atoms with Gasteiger partial charge in [0.25, 0.3) is 0 Å². The standard InChI is InChI=1S/C18H40N2/c1-16(2)8-7-11-19-12-15-20(13-9-17(3)4)14-10-18(5)6/h16-19H,7-15H2,1-6H3. The van der Waals surface area contributed by atoms with E-state index in [0.29, 0.717) is 0 Å². The van der Waals surface area contributed by atoms with Gasteiger partial charge in [0.15, 0.2) is 0 Å². The quantitative estimate of drug-likeness (QED) is 0.504. The third-order valence-corrected chi connectivity index (χ3v) is 3.79. The molecule has 122 valence electrons. The first-order valence-corrected chi connectivity index (χ1v) is 8.84. The van der Waals surface area contributed by atoms with E-state index in [-0.39, 0.29) is 0 Å². The lowest BCUT2D eigenvalue weighted by Crippen LogP contribution is -2.35. The number of nitrogens with zero attached hydrogens (tertiary/aromatic N) is 1. The van der Waals surface area contributed by atoms with E-state index in [4.69, 9.17) is 0 Å². The van der Waals surface area contributed by atoms with Gasteiger partial charge in [0.2, 0.25) is 0 Å². The highest BCUT2D eigenvalue weighted by molar-refractivity contribution is 4.63. The zero-order valence-electron chi connectivity index (χ0n) is 15.0. The maximum Gasteiger partial charge on any atom is 0.0107 e. The molecule has 0 aromatic heterocycles. The van der Waals surface area contributed by atoms with Crippen LogP contribution >= 0.6 is 0 Å². The average molecular weight is 285 g/mol. The van der Waals surface area contributed by atoms with E-state index < -0.39 is 0 Å². The number of hydrogen-bond donors (Lipinski definition) is 1. The van der Waals surface area contributed by atoms with E-state index in [9.17, 15) is 0 Å². The van der Waals surface area contributed by atoms with Crippen LogP contribution in [0.5, 0.6) is 0 Å². The first-order chi connectivity index (χ1) is 9.41. The van der Waals surface area contributed by atoms with E-state index >= 15 is 0 Å². The van der Waals surface area contributed by atoms with Crippen LogP contribution in [-0.4, -0.2) is 37.6 Å². The van der Waals surface area contributed by atoms with E-state index in [1.807, 2.05) is 0 Å². The van der Waals surface area contributed by atoms with Gasteiger partial charge < -0.3 is 10.2 Å². The van der Waals surface area contributed by atoms with Crippen molar-refractivity contribution >= 4 is 0 Å². The van der Waals surface area contributed by atoms with Crippen LogP contribution in [0.2, 0.25) is 0 Å². The van der Waals surface area contributed by atoms with E-state index in [1.165, 1.54) is 51.9 Å². The summed E-state index contributed by atoms with van der Waals surface area (Å²) < 4.78 is 0. The highest BCUT2D eigenvalue weighted by Crippen LogP contribution is 2.06. The Morgan fingerprint density at radius 2 is 1.15 bits per heavy atom. The predicted molar refractivity (Wildman–Crippen MR) is 92.3 cm³/mol. The van der Waals surface area contributed by atoms with Crippen LogP contribution in [0, 0.1) is 17.8 Å². The summed E-state index contributed by atoms with van der Waals surface area (Å²) in [6.45, 7) is 20.0. The van der Waals surface area contributed by atoms with Crippen molar-refractivity contribution in [3.63, 3.8) is 0 Å². The van der Waals surface area contributed by atoms with Gasteiger partial charge in [-0.25, -0.2) is 0 Å². The zero-order chi connectivity index (χ0) is 15.4. The summed E-state index contributed by atoms with van der Waals surface area (Å²) in [5.41, 5.74) is 0. The van der Waals surface area contributed by atoms with Gasteiger partial charge in [-0.05, 0) is 63.1 Å². The predicted octanol–water partition coefficient (Wildman–Crippen LogP) is 4.41. The fraction of sp³-hybridized carbons (Fsp3) is 1.00. The molecule has 2 heteroatoms. The minimum atomic E-state index is 0.815. The van der Waals surface area contributed by atoms with Crippen molar-refractivity contribution in [2.75, 3.05) is 32.7 Å². The van der Waals surface area contributed by atoms with Crippen LogP contribution in [0.1, 0.15) is 67.2 Å². The zero-order valence-corrected chi connectivity index (χ0v) is 15.0. The van der Waals surface area contributed by atoms with Gasteiger partial charge in [-0.1, -0.05) is 41.5 Å². The van der Waals surface area contributed by atoms with Crippen LogP contribution in [0.15, 0.2) is 0 Å². The minimum absolute atomic E-state index is 0.815. The van der Waals surface area contributed by atoms with E-state index in [2.05, 4.69) is 51.8 Å². The first-order valence-electron chi connectivity index (χ1n) is 8.84. The fourth-order valence-corrected chi connectivity index (χ4v) is 2.21. The smallest absolute Gasteiger partial charge is 0.0107 e. The molecule has 0 spiro atoms. The molecule has 1 N–H and O–H groups in total. The number of hydrogen-bond acceptors (Lipinski definition) is 2. The van der Waals surface area contributed by atoms with Gasteiger partial charge in [0.1, 0.15) is 0 Å². The molecule has 0 unspecified atom stereocenters. The maximum absolute atomic E-state index is 3.60. The molecule has 0 atom stereocenters. The molecule has 0 heterocycles. The summed E-state index contributed by atoms with van der Waals surface area (Å²) in [5, 5.41) is 3.60. The molecule has 0 bridgehead atoms. The summed E-state index contributed by atoms with van der Waals surface area (Å²) in [6, 6.07) is 0. The summed E-state index contributed by atoms with van der Waals surface area (Å²) in [5.74, 6) is 2.47. The molecular formula is C18H40N2. The third-order valence-electron chi connectivity index (χ3n) is 3.79. The van der Waals surface area contributed by atoms with Crippen LogP contribution in [0.25, 0.3) is 0 Å². The normalized spacial score (nSPS) is 12.3. The third kappa shape index (κ3) is 14.3. The molecule has 0 saturated carbocycles.